The fourth-order valence-electron chi connectivity index (χ4n) is 1.01. The Morgan fingerprint density at radius 3 is 3.12 bits per heavy atom. The van der Waals surface area contributed by atoms with E-state index in [0.717, 1.165) is 0 Å². The van der Waals surface area contributed by atoms with Crippen LogP contribution in [0.15, 0.2) is 11.4 Å². The minimum Gasteiger partial charge on any atom is -0.396 e. The highest BCUT2D eigenvalue weighted by atomic mass is 32.2. The van der Waals surface area contributed by atoms with Crippen molar-refractivity contribution in [2.24, 2.45) is 0 Å². The first-order valence-electron chi connectivity index (χ1n) is 4.74. The molecule has 0 saturated carbocycles. The zero-order valence-electron chi connectivity index (χ0n) is 8.60. The van der Waals surface area contributed by atoms with Gasteiger partial charge in [-0.3, -0.25) is 4.79 Å². The fraction of sp³-hybridized carbons (Fsp3) is 0.400. The van der Waals surface area contributed by atoms with Crippen LogP contribution in [0, 0.1) is 11.3 Å². The van der Waals surface area contributed by atoms with Gasteiger partial charge in [0.15, 0.2) is 0 Å². The second-order valence-corrected chi connectivity index (χ2v) is 5.05. The van der Waals surface area contributed by atoms with Crippen LogP contribution < -0.4 is 5.32 Å². The molecular weight excluding hydrogens is 244 g/mol. The van der Waals surface area contributed by atoms with Crippen molar-refractivity contribution in [1.29, 1.82) is 5.26 Å². The predicted molar refractivity (Wildman–Crippen MR) is 66.7 cm³/mol. The molecule has 0 aromatic carbocycles. The number of nitriles is 1. The highest BCUT2D eigenvalue weighted by Gasteiger charge is 2.07. The second-order valence-electron chi connectivity index (χ2n) is 2.91. The zero-order chi connectivity index (χ0) is 11.8. The monoisotopic (exact) mass is 256 g/mol. The Balaban J connectivity index is 2.32. The van der Waals surface area contributed by atoms with Gasteiger partial charge >= 0.3 is 0 Å². The summed E-state index contributed by atoms with van der Waals surface area (Å²) in [6, 6.07) is 3.70. The van der Waals surface area contributed by atoms with E-state index in [4.69, 9.17) is 10.4 Å². The Morgan fingerprint density at radius 2 is 2.44 bits per heavy atom. The minimum absolute atomic E-state index is 0.0932. The molecule has 0 radical (unpaired) electrons. The molecule has 0 aliphatic rings. The third kappa shape index (κ3) is 4.23. The van der Waals surface area contributed by atoms with Gasteiger partial charge in [-0.05, 0) is 11.4 Å². The summed E-state index contributed by atoms with van der Waals surface area (Å²) in [5, 5.41) is 22.4. The molecule has 16 heavy (non-hydrogen) atoms. The molecule has 0 aliphatic heterocycles. The van der Waals surface area contributed by atoms with Gasteiger partial charge in [-0.25, -0.2) is 0 Å². The van der Waals surface area contributed by atoms with Crippen LogP contribution in [0.25, 0.3) is 0 Å². The Morgan fingerprint density at radius 1 is 1.62 bits per heavy atom. The van der Waals surface area contributed by atoms with E-state index in [0.29, 0.717) is 28.5 Å². The second kappa shape index (κ2) is 7.28. The van der Waals surface area contributed by atoms with Gasteiger partial charge in [0.25, 0.3) is 0 Å². The molecule has 0 fully saturated rings. The summed E-state index contributed by atoms with van der Waals surface area (Å²) >= 11 is 2.88. The summed E-state index contributed by atoms with van der Waals surface area (Å²) in [6.07, 6.45) is 0.396. The molecule has 0 atom stereocenters. The third-order valence-corrected chi connectivity index (χ3v) is 3.54. The molecule has 0 unspecified atom stereocenters. The van der Waals surface area contributed by atoms with Crippen molar-refractivity contribution in [2.75, 3.05) is 23.4 Å². The number of thiophene rings is 1. The standard InChI is InChI=1S/C10H12N2O2S2/c11-7-8-1-5-16-10(8)12-9(14)2-4-15-6-3-13/h1,5,13H,2-4,6H2,(H,12,14). The average Bonchev–Trinajstić information content (AvgIpc) is 2.71. The van der Waals surface area contributed by atoms with Crippen LogP contribution in [-0.4, -0.2) is 29.1 Å². The smallest absolute Gasteiger partial charge is 0.225 e. The van der Waals surface area contributed by atoms with Crippen molar-refractivity contribution in [2.45, 2.75) is 6.42 Å². The van der Waals surface area contributed by atoms with Gasteiger partial charge in [0.2, 0.25) is 5.91 Å². The molecule has 86 valence electrons. The first-order valence-corrected chi connectivity index (χ1v) is 6.77. The van der Waals surface area contributed by atoms with Gasteiger partial charge in [-0.15, -0.1) is 11.3 Å². The first kappa shape index (κ1) is 13.0. The molecular formula is C10H12N2O2S2. The van der Waals surface area contributed by atoms with Crippen LogP contribution in [0.3, 0.4) is 0 Å². The van der Waals surface area contributed by atoms with E-state index < -0.39 is 0 Å². The molecule has 6 heteroatoms. The van der Waals surface area contributed by atoms with E-state index in [2.05, 4.69) is 5.32 Å². The quantitative estimate of drug-likeness (QED) is 0.759. The van der Waals surface area contributed by atoms with Crippen LogP contribution in [-0.2, 0) is 4.79 Å². The number of amides is 1. The first-order chi connectivity index (χ1) is 7.77. The minimum atomic E-state index is -0.0932. The van der Waals surface area contributed by atoms with E-state index in [1.807, 2.05) is 6.07 Å². The van der Waals surface area contributed by atoms with Gasteiger partial charge in [-0.1, -0.05) is 0 Å². The van der Waals surface area contributed by atoms with Crippen LogP contribution in [0.5, 0.6) is 0 Å². The zero-order valence-corrected chi connectivity index (χ0v) is 10.2. The molecule has 4 nitrogen and oxygen atoms in total. The molecule has 0 saturated heterocycles. The average molecular weight is 256 g/mol. The molecule has 1 amide bonds. The van der Waals surface area contributed by atoms with Crippen molar-refractivity contribution >= 4 is 34.0 Å². The molecule has 0 aliphatic carbocycles. The fourth-order valence-corrected chi connectivity index (χ4v) is 2.43. The molecule has 0 bridgehead atoms. The van der Waals surface area contributed by atoms with E-state index >= 15 is 0 Å². The molecule has 1 aromatic heterocycles. The summed E-state index contributed by atoms with van der Waals surface area (Å²) in [4.78, 5) is 11.5. The number of aliphatic hydroxyl groups excluding tert-OH is 1. The number of hydrogen-bond acceptors (Lipinski definition) is 5. The van der Waals surface area contributed by atoms with E-state index in [-0.39, 0.29) is 12.5 Å². The van der Waals surface area contributed by atoms with E-state index in [9.17, 15) is 4.79 Å². The molecule has 0 spiro atoms. The molecule has 1 aromatic rings. The SMILES string of the molecule is N#Cc1ccsc1NC(=O)CCSCCO. The summed E-state index contributed by atoms with van der Waals surface area (Å²) in [5.74, 6) is 1.24. The van der Waals surface area contributed by atoms with Crippen molar-refractivity contribution in [3.63, 3.8) is 0 Å². The number of carbonyl (C=O) groups excluding carboxylic acids is 1. The third-order valence-electron chi connectivity index (χ3n) is 1.75. The van der Waals surface area contributed by atoms with Crippen LogP contribution in [0.2, 0.25) is 0 Å². The van der Waals surface area contributed by atoms with Crippen molar-refractivity contribution in [3.05, 3.63) is 17.0 Å². The Bertz CT molecular complexity index is 384. The molecule has 1 heterocycles. The lowest BCUT2D eigenvalue weighted by Gasteiger charge is -2.02. The lowest BCUT2D eigenvalue weighted by molar-refractivity contribution is -0.115. The number of nitrogens with one attached hydrogen (secondary N) is 1. The summed E-state index contributed by atoms with van der Waals surface area (Å²) in [6.45, 7) is 0.135. The lowest BCUT2D eigenvalue weighted by atomic mass is 10.3. The highest BCUT2D eigenvalue weighted by Crippen LogP contribution is 2.22. The van der Waals surface area contributed by atoms with E-state index in [1.54, 1.807) is 11.4 Å². The number of anilines is 1. The van der Waals surface area contributed by atoms with Crippen molar-refractivity contribution in [1.82, 2.24) is 0 Å². The Hall–Kier alpha value is -1.03. The van der Waals surface area contributed by atoms with Crippen LogP contribution in [0.1, 0.15) is 12.0 Å². The topological polar surface area (TPSA) is 73.1 Å². The lowest BCUT2D eigenvalue weighted by Crippen LogP contribution is -2.12. The summed E-state index contributed by atoms with van der Waals surface area (Å²) in [7, 11) is 0. The maximum absolute atomic E-state index is 11.5. The number of hydrogen-bond donors (Lipinski definition) is 2. The number of nitrogens with zero attached hydrogens (tertiary/aromatic N) is 1. The Kier molecular flexibility index (Phi) is 5.93. The van der Waals surface area contributed by atoms with Crippen molar-refractivity contribution in [3.8, 4) is 6.07 Å². The maximum atomic E-state index is 11.5. The Labute approximate surface area is 102 Å². The van der Waals surface area contributed by atoms with Gasteiger partial charge in [0, 0.05) is 17.9 Å². The normalized spacial score (nSPS) is 9.75. The number of rotatable bonds is 6. The van der Waals surface area contributed by atoms with Crippen molar-refractivity contribution < 1.29 is 9.90 Å². The molecule has 1 rings (SSSR count). The van der Waals surface area contributed by atoms with Gasteiger partial charge in [0.1, 0.15) is 11.1 Å². The number of aliphatic hydroxyl groups is 1. The van der Waals surface area contributed by atoms with Crippen LogP contribution in [0.4, 0.5) is 5.00 Å². The van der Waals surface area contributed by atoms with Gasteiger partial charge in [-0.2, -0.15) is 17.0 Å². The largest absolute Gasteiger partial charge is 0.396 e. The number of thioether (sulfide) groups is 1. The maximum Gasteiger partial charge on any atom is 0.225 e. The van der Waals surface area contributed by atoms with E-state index in [1.165, 1.54) is 23.1 Å². The summed E-state index contributed by atoms with van der Waals surface area (Å²) in [5.41, 5.74) is 0.501. The highest BCUT2D eigenvalue weighted by molar-refractivity contribution is 7.99. The molecule has 2 N–H and O–H groups in total. The van der Waals surface area contributed by atoms with Gasteiger partial charge < -0.3 is 10.4 Å². The van der Waals surface area contributed by atoms with Gasteiger partial charge in [0.05, 0.1) is 12.2 Å². The summed E-state index contributed by atoms with van der Waals surface area (Å²) < 4.78 is 0. The van der Waals surface area contributed by atoms with Crippen LogP contribution >= 0.6 is 23.1 Å². The number of carbonyl (C=O) groups is 1. The predicted octanol–water partition coefficient (Wildman–Crippen LogP) is 1.67.